The molecule has 0 spiro atoms. The highest BCUT2D eigenvalue weighted by Crippen LogP contribution is 2.08. The van der Waals surface area contributed by atoms with E-state index in [9.17, 15) is 4.79 Å². The Morgan fingerprint density at radius 2 is 2.55 bits per heavy atom. The zero-order valence-electron chi connectivity index (χ0n) is 5.95. The average molecular weight is 171 g/mol. The van der Waals surface area contributed by atoms with Crippen molar-refractivity contribution in [2.45, 2.75) is 6.42 Å². The number of ether oxygens (including phenoxy) is 1. The molecule has 3 nitrogen and oxygen atoms in total. The normalized spacial score (nSPS) is 9.45. The standard InChI is InChI=1S/C7H9NO2S/c8-7(9)10-4-3-6-2-1-5-11-6/h1-2,5H,3-4H2,(H2,8,9). The number of primary amides is 1. The van der Waals surface area contributed by atoms with Gasteiger partial charge in [0.05, 0.1) is 6.61 Å². The molecule has 0 unspecified atom stereocenters. The van der Waals surface area contributed by atoms with Gasteiger partial charge in [0.2, 0.25) is 0 Å². The van der Waals surface area contributed by atoms with E-state index in [-0.39, 0.29) is 0 Å². The summed E-state index contributed by atoms with van der Waals surface area (Å²) in [5.74, 6) is 0. The summed E-state index contributed by atoms with van der Waals surface area (Å²) in [7, 11) is 0. The van der Waals surface area contributed by atoms with Gasteiger partial charge in [-0.3, -0.25) is 0 Å². The van der Waals surface area contributed by atoms with Gasteiger partial charge >= 0.3 is 6.09 Å². The van der Waals surface area contributed by atoms with Gasteiger partial charge in [0.15, 0.2) is 0 Å². The highest BCUT2D eigenvalue weighted by molar-refractivity contribution is 7.09. The van der Waals surface area contributed by atoms with E-state index in [1.54, 1.807) is 11.3 Å². The van der Waals surface area contributed by atoms with Crippen LogP contribution in [0.2, 0.25) is 0 Å². The second-order valence-electron chi connectivity index (χ2n) is 2.00. The van der Waals surface area contributed by atoms with Crippen molar-refractivity contribution in [1.29, 1.82) is 0 Å². The van der Waals surface area contributed by atoms with Crippen molar-refractivity contribution in [1.82, 2.24) is 0 Å². The Balaban J connectivity index is 2.19. The van der Waals surface area contributed by atoms with E-state index in [0.717, 1.165) is 6.42 Å². The van der Waals surface area contributed by atoms with Crippen LogP contribution in [0.4, 0.5) is 4.79 Å². The molecule has 0 aliphatic rings. The molecule has 0 aliphatic carbocycles. The molecule has 11 heavy (non-hydrogen) atoms. The van der Waals surface area contributed by atoms with Crippen LogP contribution in [0.5, 0.6) is 0 Å². The van der Waals surface area contributed by atoms with Gasteiger partial charge in [-0.15, -0.1) is 11.3 Å². The Morgan fingerprint density at radius 1 is 1.73 bits per heavy atom. The van der Waals surface area contributed by atoms with Gasteiger partial charge in [0.1, 0.15) is 0 Å². The largest absolute Gasteiger partial charge is 0.449 e. The van der Waals surface area contributed by atoms with Crippen molar-refractivity contribution >= 4 is 17.4 Å². The number of hydrogen-bond acceptors (Lipinski definition) is 3. The number of carbonyl (C=O) groups excluding carboxylic acids is 1. The van der Waals surface area contributed by atoms with Crippen LogP contribution in [0.15, 0.2) is 17.5 Å². The first-order valence-electron chi connectivity index (χ1n) is 3.23. The third kappa shape index (κ3) is 3.04. The van der Waals surface area contributed by atoms with Gasteiger partial charge in [0, 0.05) is 11.3 Å². The van der Waals surface area contributed by atoms with Gasteiger partial charge < -0.3 is 10.5 Å². The first kappa shape index (κ1) is 8.07. The van der Waals surface area contributed by atoms with Gasteiger partial charge in [-0.1, -0.05) is 6.07 Å². The van der Waals surface area contributed by atoms with Crippen LogP contribution in [-0.2, 0) is 11.2 Å². The van der Waals surface area contributed by atoms with Gasteiger partial charge in [-0.25, -0.2) is 4.79 Å². The molecule has 2 N–H and O–H groups in total. The molecule has 60 valence electrons. The average Bonchev–Trinajstić information content (AvgIpc) is 2.39. The monoisotopic (exact) mass is 171 g/mol. The van der Waals surface area contributed by atoms with Crippen molar-refractivity contribution in [3.05, 3.63) is 22.4 Å². The third-order valence-corrected chi connectivity index (χ3v) is 2.11. The minimum Gasteiger partial charge on any atom is -0.449 e. The number of carbonyl (C=O) groups is 1. The lowest BCUT2D eigenvalue weighted by molar-refractivity contribution is 0.158. The quantitative estimate of drug-likeness (QED) is 0.747. The summed E-state index contributed by atoms with van der Waals surface area (Å²) in [6.07, 6.45) is 0.0437. The van der Waals surface area contributed by atoms with E-state index in [1.807, 2.05) is 17.5 Å². The molecular weight excluding hydrogens is 162 g/mol. The minimum atomic E-state index is -0.707. The van der Waals surface area contributed by atoms with Crippen LogP contribution in [0, 0.1) is 0 Å². The van der Waals surface area contributed by atoms with Crippen LogP contribution in [0.1, 0.15) is 4.88 Å². The van der Waals surface area contributed by atoms with Crippen molar-refractivity contribution in [3.8, 4) is 0 Å². The smallest absolute Gasteiger partial charge is 0.404 e. The molecular formula is C7H9NO2S. The van der Waals surface area contributed by atoms with E-state index in [0.29, 0.717) is 6.61 Å². The molecule has 0 fully saturated rings. The molecule has 0 saturated heterocycles. The summed E-state index contributed by atoms with van der Waals surface area (Å²) >= 11 is 1.64. The molecule has 0 bridgehead atoms. The lowest BCUT2D eigenvalue weighted by Crippen LogP contribution is -2.14. The Hall–Kier alpha value is -1.03. The van der Waals surface area contributed by atoms with Crippen LogP contribution < -0.4 is 5.73 Å². The van der Waals surface area contributed by atoms with Crippen LogP contribution in [0.3, 0.4) is 0 Å². The third-order valence-electron chi connectivity index (χ3n) is 1.17. The summed E-state index contributed by atoms with van der Waals surface area (Å²) in [6, 6.07) is 3.96. The first-order chi connectivity index (χ1) is 5.29. The molecule has 0 atom stereocenters. The molecule has 1 heterocycles. The zero-order valence-corrected chi connectivity index (χ0v) is 6.76. The second kappa shape index (κ2) is 3.98. The lowest BCUT2D eigenvalue weighted by atomic mass is 10.4. The summed E-state index contributed by atoms with van der Waals surface area (Å²) in [4.78, 5) is 11.3. The topological polar surface area (TPSA) is 52.3 Å². The maximum Gasteiger partial charge on any atom is 0.404 e. The fourth-order valence-corrected chi connectivity index (χ4v) is 1.40. The zero-order chi connectivity index (χ0) is 8.10. The molecule has 0 aliphatic heterocycles. The van der Waals surface area contributed by atoms with Gasteiger partial charge in [0.25, 0.3) is 0 Å². The van der Waals surface area contributed by atoms with Crippen LogP contribution in [0.25, 0.3) is 0 Å². The maximum absolute atomic E-state index is 10.1. The number of amides is 1. The summed E-state index contributed by atoms with van der Waals surface area (Å²) in [5, 5.41) is 1.99. The molecule has 0 radical (unpaired) electrons. The van der Waals surface area contributed by atoms with E-state index in [4.69, 9.17) is 5.73 Å². The minimum absolute atomic E-state index is 0.371. The van der Waals surface area contributed by atoms with E-state index in [2.05, 4.69) is 4.74 Å². The van der Waals surface area contributed by atoms with Crippen molar-refractivity contribution in [2.75, 3.05) is 6.61 Å². The van der Waals surface area contributed by atoms with E-state index >= 15 is 0 Å². The first-order valence-corrected chi connectivity index (χ1v) is 4.11. The Morgan fingerprint density at radius 3 is 3.09 bits per heavy atom. The van der Waals surface area contributed by atoms with Gasteiger partial charge in [-0.2, -0.15) is 0 Å². The molecule has 1 amide bonds. The maximum atomic E-state index is 10.1. The fraction of sp³-hybridized carbons (Fsp3) is 0.286. The molecule has 0 aromatic carbocycles. The van der Waals surface area contributed by atoms with Crippen LogP contribution in [-0.4, -0.2) is 12.7 Å². The van der Waals surface area contributed by atoms with E-state index in [1.165, 1.54) is 4.88 Å². The number of thiophene rings is 1. The van der Waals surface area contributed by atoms with Crippen molar-refractivity contribution < 1.29 is 9.53 Å². The molecule has 1 rings (SSSR count). The molecule has 0 saturated carbocycles. The second-order valence-corrected chi connectivity index (χ2v) is 3.03. The summed E-state index contributed by atoms with van der Waals surface area (Å²) in [5.41, 5.74) is 4.77. The van der Waals surface area contributed by atoms with Gasteiger partial charge in [-0.05, 0) is 11.4 Å². The van der Waals surface area contributed by atoms with Crippen LogP contribution >= 0.6 is 11.3 Å². The molecule has 1 aromatic rings. The Kier molecular flexibility index (Phi) is 2.92. The Labute approximate surface area is 68.8 Å². The number of nitrogens with two attached hydrogens (primary N) is 1. The summed E-state index contributed by atoms with van der Waals surface area (Å²) in [6.45, 7) is 0.371. The predicted molar refractivity (Wildman–Crippen MR) is 43.6 cm³/mol. The van der Waals surface area contributed by atoms with Crippen molar-refractivity contribution in [2.24, 2.45) is 5.73 Å². The van der Waals surface area contributed by atoms with E-state index < -0.39 is 6.09 Å². The van der Waals surface area contributed by atoms with Crippen molar-refractivity contribution in [3.63, 3.8) is 0 Å². The molecule has 4 heteroatoms. The summed E-state index contributed by atoms with van der Waals surface area (Å²) < 4.78 is 4.56. The fourth-order valence-electron chi connectivity index (χ4n) is 0.707. The number of rotatable bonds is 3. The highest BCUT2D eigenvalue weighted by Gasteiger charge is 1.95. The predicted octanol–water partition coefficient (Wildman–Crippen LogP) is 1.39. The number of hydrogen-bond donors (Lipinski definition) is 1. The highest BCUT2D eigenvalue weighted by atomic mass is 32.1. The lowest BCUT2D eigenvalue weighted by Gasteiger charge is -1.97. The SMILES string of the molecule is NC(=O)OCCc1cccs1. The molecule has 1 aromatic heterocycles. The Bertz CT molecular complexity index is 220.